The van der Waals surface area contributed by atoms with Crippen molar-refractivity contribution in [1.29, 1.82) is 0 Å². The molecule has 1 heterocycles. The van der Waals surface area contributed by atoms with E-state index in [0.29, 0.717) is 0 Å². The second kappa shape index (κ2) is 7.63. The third-order valence-corrected chi connectivity index (χ3v) is 6.09. The van der Waals surface area contributed by atoms with Crippen molar-refractivity contribution in [3.05, 3.63) is 53.3 Å². The van der Waals surface area contributed by atoms with Gasteiger partial charge in [0.1, 0.15) is 11.6 Å². The molecule has 2 N–H and O–H groups in total. The van der Waals surface area contributed by atoms with Crippen molar-refractivity contribution in [3.8, 4) is 5.75 Å². The molecule has 0 spiro atoms. The first kappa shape index (κ1) is 19.3. The van der Waals surface area contributed by atoms with Crippen molar-refractivity contribution >= 4 is 21.6 Å². The molecule has 2 aromatic rings. The normalized spacial score (nSPS) is 15.5. The number of benzene rings is 2. The standard InChI is InChI=1S/C18H19FN2O5S/c1-12-2-5-16(17(22)10-12)20-18(23)14-11-13(3-4-15(14)19)27(24,25)21-6-8-26-9-7-21/h2-5,10-11,22H,6-9H2,1H3,(H,20,23). The maximum atomic E-state index is 14.2. The maximum Gasteiger partial charge on any atom is 0.258 e. The zero-order chi connectivity index (χ0) is 19.6. The quantitative estimate of drug-likeness (QED) is 0.775. The van der Waals surface area contributed by atoms with Gasteiger partial charge >= 0.3 is 0 Å². The lowest BCUT2D eigenvalue weighted by molar-refractivity contribution is 0.0730. The fraction of sp³-hybridized carbons (Fsp3) is 0.278. The monoisotopic (exact) mass is 394 g/mol. The van der Waals surface area contributed by atoms with Crippen LogP contribution in [0, 0.1) is 12.7 Å². The molecular weight excluding hydrogens is 375 g/mol. The van der Waals surface area contributed by atoms with E-state index in [4.69, 9.17) is 4.74 Å². The molecule has 2 aromatic carbocycles. The summed E-state index contributed by atoms with van der Waals surface area (Å²) in [6.45, 7) is 2.71. The number of anilines is 1. The number of hydrogen-bond donors (Lipinski definition) is 2. The van der Waals surface area contributed by atoms with Crippen molar-refractivity contribution in [3.63, 3.8) is 0 Å². The molecule has 27 heavy (non-hydrogen) atoms. The number of nitrogens with one attached hydrogen (secondary N) is 1. The first-order valence-electron chi connectivity index (χ1n) is 8.27. The summed E-state index contributed by atoms with van der Waals surface area (Å²) < 4.78 is 45.9. The van der Waals surface area contributed by atoms with Gasteiger partial charge in [0.15, 0.2) is 0 Å². The predicted molar refractivity (Wildman–Crippen MR) is 96.8 cm³/mol. The summed E-state index contributed by atoms with van der Waals surface area (Å²) >= 11 is 0. The minimum absolute atomic E-state index is 0.103. The zero-order valence-corrected chi connectivity index (χ0v) is 15.4. The van der Waals surface area contributed by atoms with Gasteiger partial charge in [-0.1, -0.05) is 6.07 Å². The molecule has 1 amide bonds. The summed E-state index contributed by atoms with van der Waals surface area (Å²) in [6, 6.07) is 7.67. The lowest BCUT2D eigenvalue weighted by Crippen LogP contribution is -2.40. The number of ether oxygens (including phenoxy) is 1. The highest BCUT2D eigenvalue weighted by molar-refractivity contribution is 7.89. The number of rotatable bonds is 4. The topological polar surface area (TPSA) is 95.9 Å². The van der Waals surface area contributed by atoms with Crippen LogP contribution < -0.4 is 5.32 Å². The summed E-state index contributed by atoms with van der Waals surface area (Å²) in [5.41, 5.74) is 0.464. The number of sulfonamides is 1. The fourth-order valence-corrected chi connectivity index (χ4v) is 4.15. The van der Waals surface area contributed by atoms with E-state index < -0.39 is 27.3 Å². The first-order valence-corrected chi connectivity index (χ1v) is 9.71. The van der Waals surface area contributed by atoms with Crippen LogP contribution in [0.4, 0.5) is 10.1 Å². The van der Waals surface area contributed by atoms with Gasteiger partial charge in [-0.2, -0.15) is 4.31 Å². The Morgan fingerprint density at radius 1 is 1.19 bits per heavy atom. The third kappa shape index (κ3) is 4.10. The molecule has 0 radical (unpaired) electrons. The number of halogens is 1. The smallest absolute Gasteiger partial charge is 0.258 e. The molecule has 1 fully saturated rings. The van der Waals surface area contributed by atoms with E-state index in [1.165, 1.54) is 16.4 Å². The van der Waals surface area contributed by atoms with Crippen LogP contribution in [0.2, 0.25) is 0 Å². The van der Waals surface area contributed by atoms with Crippen molar-refractivity contribution < 1.29 is 27.4 Å². The van der Waals surface area contributed by atoms with E-state index in [2.05, 4.69) is 5.32 Å². The number of hydrogen-bond acceptors (Lipinski definition) is 5. The molecule has 0 unspecified atom stereocenters. The van der Waals surface area contributed by atoms with Crippen LogP contribution in [0.1, 0.15) is 15.9 Å². The number of aromatic hydroxyl groups is 1. The summed E-state index contributed by atoms with van der Waals surface area (Å²) in [5.74, 6) is -1.88. The molecule has 0 aliphatic carbocycles. The lowest BCUT2D eigenvalue weighted by atomic mass is 10.1. The Kier molecular flexibility index (Phi) is 5.45. The number of morpholine rings is 1. The molecule has 0 bridgehead atoms. The number of phenols is 1. The van der Waals surface area contributed by atoms with Crippen molar-refractivity contribution in [2.24, 2.45) is 0 Å². The van der Waals surface area contributed by atoms with Gasteiger partial charge in [0.25, 0.3) is 5.91 Å². The van der Waals surface area contributed by atoms with Gasteiger partial charge in [0.2, 0.25) is 10.0 Å². The van der Waals surface area contributed by atoms with Crippen molar-refractivity contribution in [1.82, 2.24) is 4.31 Å². The number of amides is 1. The van der Waals surface area contributed by atoms with Crippen LogP contribution in [0.5, 0.6) is 5.75 Å². The van der Waals surface area contributed by atoms with Crippen LogP contribution in [0.15, 0.2) is 41.3 Å². The van der Waals surface area contributed by atoms with E-state index in [-0.39, 0.29) is 42.6 Å². The Morgan fingerprint density at radius 2 is 1.89 bits per heavy atom. The van der Waals surface area contributed by atoms with Gasteiger partial charge in [0.05, 0.1) is 29.4 Å². The Balaban J connectivity index is 1.89. The summed E-state index contributed by atoms with van der Waals surface area (Å²) in [4.78, 5) is 12.3. The fourth-order valence-electron chi connectivity index (χ4n) is 2.71. The molecule has 0 saturated carbocycles. The second-order valence-electron chi connectivity index (χ2n) is 6.13. The van der Waals surface area contributed by atoms with E-state index in [0.717, 1.165) is 23.8 Å². The molecule has 7 nitrogen and oxygen atoms in total. The highest BCUT2D eigenvalue weighted by Crippen LogP contribution is 2.26. The predicted octanol–water partition coefficient (Wildman–Crippen LogP) is 2.11. The Labute approximate surface area is 156 Å². The number of carbonyl (C=O) groups is 1. The van der Waals surface area contributed by atoms with Gasteiger partial charge in [-0.05, 0) is 42.8 Å². The average Bonchev–Trinajstić information content (AvgIpc) is 2.65. The summed E-state index contributed by atoms with van der Waals surface area (Å²) in [5, 5.41) is 12.3. The van der Waals surface area contributed by atoms with Crippen molar-refractivity contribution in [2.45, 2.75) is 11.8 Å². The Bertz CT molecular complexity index is 972. The SMILES string of the molecule is Cc1ccc(NC(=O)c2cc(S(=O)(=O)N3CCOCC3)ccc2F)c(O)c1. The van der Waals surface area contributed by atoms with Crippen LogP contribution in [-0.2, 0) is 14.8 Å². The lowest BCUT2D eigenvalue weighted by Gasteiger charge is -2.26. The number of phenolic OH excluding ortho intramolecular Hbond substituents is 1. The Morgan fingerprint density at radius 3 is 2.56 bits per heavy atom. The van der Waals surface area contributed by atoms with E-state index >= 15 is 0 Å². The van der Waals surface area contributed by atoms with E-state index in [1.54, 1.807) is 13.0 Å². The molecular formula is C18H19FN2O5S. The van der Waals surface area contributed by atoms with Crippen LogP contribution in [0.25, 0.3) is 0 Å². The zero-order valence-electron chi connectivity index (χ0n) is 14.6. The summed E-state index contributed by atoms with van der Waals surface area (Å²) in [6.07, 6.45) is 0. The van der Waals surface area contributed by atoms with Crippen molar-refractivity contribution in [2.75, 3.05) is 31.6 Å². The van der Waals surface area contributed by atoms with Gasteiger partial charge < -0.3 is 15.2 Å². The molecule has 9 heteroatoms. The number of nitrogens with zero attached hydrogens (tertiary/aromatic N) is 1. The van der Waals surface area contributed by atoms with E-state index in [1.807, 2.05) is 0 Å². The van der Waals surface area contributed by atoms with Crippen LogP contribution >= 0.6 is 0 Å². The molecule has 3 rings (SSSR count). The number of carbonyl (C=O) groups excluding carboxylic acids is 1. The highest BCUT2D eigenvalue weighted by Gasteiger charge is 2.28. The molecule has 1 aliphatic heterocycles. The highest BCUT2D eigenvalue weighted by atomic mass is 32.2. The molecule has 1 saturated heterocycles. The largest absolute Gasteiger partial charge is 0.506 e. The first-order chi connectivity index (χ1) is 12.8. The molecule has 0 atom stereocenters. The minimum atomic E-state index is -3.86. The second-order valence-corrected chi connectivity index (χ2v) is 8.07. The van der Waals surface area contributed by atoms with Gasteiger partial charge in [-0.15, -0.1) is 0 Å². The molecule has 0 aromatic heterocycles. The molecule has 144 valence electrons. The summed E-state index contributed by atoms with van der Waals surface area (Å²) in [7, 11) is -3.86. The Hall–Kier alpha value is -2.49. The van der Waals surface area contributed by atoms with Crippen LogP contribution in [-0.4, -0.2) is 50.0 Å². The van der Waals surface area contributed by atoms with Crippen LogP contribution in [0.3, 0.4) is 0 Å². The third-order valence-electron chi connectivity index (χ3n) is 4.19. The van der Waals surface area contributed by atoms with Gasteiger partial charge in [0, 0.05) is 13.1 Å². The maximum absolute atomic E-state index is 14.2. The minimum Gasteiger partial charge on any atom is -0.506 e. The number of aryl methyl sites for hydroxylation is 1. The van der Waals surface area contributed by atoms with Gasteiger partial charge in [-0.3, -0.25) is 4.79 Å². The average molecular weight is 394 g/mol. The van der Waals surface area contributed by atoms with Gasteiger partial charge in [-0.25, -0.2) is 12.8 Å². The van der Waals surface area contributed by atoms with E-state index in [9.17, 15) is 22.7 Å². The molecule has 1 aliphatic rings.